The number of nitrogens with one attached hydrogen (secondary N) is 2. The van der Waals surface area contributed by atoms with Crippen molar-refractivity contribution in [2.75, 3.05) is 0 Å². The molecule has 8 heteroatoms. The Bertz CT molecular complexity index is 818. The van der Waals surface area contributed by atoms with Gasteiger partial charge in [0.25, 0.3) is 0 Å². The maximum Gasteiger partial charge on any atom is 0.408 e. The summed E-state index contributed by atoms with van der Waals surface area (Å²) < 4.78 is 5.26. The van der Waals surface area contributed by atoms with Crippen molar-refractivity contribution in [3.05, 3.63) is 29.8 Å². The molecule has 31 heavy (non-hydrogen) atoms. The number of phenols is 1. The van der Waals surface area contributed by atoms with Gasteiger partial charge in [-0.15, -0.1) is 0 Å². The molecule has 4 unspecified atom stereocenters. The zero-order valence-corrected chi connectivity index (χ0v) is 19.4. The second-order valence-electron chi connectivity index (χ2n) is 9.52. The molecule has 0 aromatic heterocycles. The molecule has 2 rings (SSSR count). The van der Waals surface area contributed by atoms with Crippen LogP contribution in [0.1, 0.15) is 66.5 Å². The van der Waals surface area contributed by atoms with Crippen molar-refractivity contribution < 1.29 is 24.2 Å². The van der Waals surface area contributed by atoms with Crippen molar-refractivity contribution in [1.29, 1.82) is 0 Å². The third kappa shape index (κ3) is 6.60. The molecule has 4 atom stereocenters. The number of phenolic OH excluding ortho intramolecular Hbond substituents is 1. The lowest BCUT2D eigenvalue weighted by Crippen LogP contribution is -2.53. The molecule has 0 bridgehead atoms. The normalized spacial score (nSPS) is 19.9. The quantitative estimate of drug-likeness (QED) is 0.612. The van der Waals surface area contributed by atoms with E-state index in [1.807, 2.05) is 20.8 Å². The topological polar surface area (TPSA) is 108 Å². The number of benzene rings is 1. The lowest BCUT2D eigenvalue weighted by molar-refractivity contribution is -0.143. The van der Waals surface area contributed by atoms with Crippen LogP contribution in [0.3, 0.4) is 0 Å². The average Bonchev–Trinajstić information content (AvgIpc) is 3.33. The van der Waals surface area contributed by atoms with Gasteiger partial charge in [-0.2, -0.15) is 0 Å². The van der Waals surface area contributed by atoms with Gasteiger partial charge in [0.1, 0.15) is 23.4 Å². The summed E-state index contributed by atoms with van der Waals surface area (Å²) in [6, 6.07) is 4.26. The molecule has 0 heterocycles. The molecule has 0 aliphatic heterocycles. The lowest BCUT2D eigenvalue weighted by Gasteiger charge is -2.34. The summed E-state index contributed by atoms with van der Waals surface area (Å²) in [7, 11) is 0. The summed E-state index contributed by atoms with van der Waals surface area (Å²) in [6.45, 7) is 12.4. The Balaban J connectivity index is 2.38. The van der Waals surface area contributed by atoms with Gasteiger partial charge in [-0.3, -0.25) is 9.59 Å². The SMILES string of the molecule is CC(C)NC(=O)C(c1ccccc1O)N(C(=O)C(C)NC(=O)OC(C)(C)C)C1CC1C. The molecule has 1 aliphatic rings. The third-order valence-corrected chi connectivity index (χ3v) is 4.97. The van der Waals surface area contributed by atoms with Crippen molar-refractivity contribution in [3.63, 3.8) is 0 Å². The molecular weight excluding hydrogens is 398 g/mol. The number of carbonyl (C=O) groups is 3. The van der Waals surface area contributed by atoms with Crippen molar-refractivity contribution in [1.82, 2.24) is 15.5 Å². The highest BCUT2D eigenvalue weighted by molar-refractivity contribution is 5.92. The highest BCUT2D eigenvalue weighted by Gasteiger charge is 2.48. The highest BCUT2D eigenvalue weighted by Crippen LogP contribution is 2.42. The predicted octanol–water partition coefficient (Wildman–Crippen LogP) is 3.11. The molecule has 1 aromatic carbocycles. The summed E-state index contributed by atoms with van der Waals surface area (Å²) in [5.74, 6) is -0.649. The van der Waals surface area contributed by atoms with Gasteiger partial charge in [0.05, 0.1) is 0 Å². The number of aromatic hydroxyl groups is 1. The van der Waals surface area contributed by atoms with Crippen molar-refractivity contribution in [2.24, 2.45) is 5.92 Å². The van der Waals surface area contributed by atoms with E-state index in [1.165, 1.54) is 11.0 Å². The summed E-state index contributed by atoms with van der Waals surface area (Å²) in [5.41, 5.74) is -0.356. The van der Waals surface area contributed by atoms with Gasteiger partial charge in [-0.1, -0.05) is 25.1 Å². The zero-order valence-electron chi connectivity index (χ0n) is 19.4. The number of carbonyl (C=O) groups excluding carboxylic acids is 3. The van der Waals surface area contributed by atoms with Crippen LogP contribution in [0.25, 0.3) is 0 Å². The van der Waals surface area contributed by atoms with Crippen LogP contribution in [0.4, 0.5) is 4.79 Å². The Kier molecular flexibility index (Phi) is 7.57. The molecule has 3 N–H and O–H groups in total. The molecule has 1 aromatic rings. The van der Waals surface area contributed by atoms with E-state index in [1.54, 1.807) is 45.9 Å². The molecule has 0 saturated heterocycles. The second-order valence-corrected chi connectivity index (χ2v) is 9.52. The number of rotatable bonds is 7. The van der Waals surface area contributed by atoms with Gasteiger partial charge in [0, 0.05) is 17.6 Å². The van der Waals surface area contributed by atoms with Crippen LogP contribution in [0.2, 0.25) is 0 Å². The first-order valence-corrected chi connectivity index (χ1v) is 10.7. The number of ether oxygens (including phenoxy) is 1. The van der Waals surface area contributed by atoms with Gasteiger partial charge < -0.3 is 25.4 Å². The number of nitrogens with zero attached hydrogens (tertiary/aromatic N) is 1. The largest absolute Gasteiger partial charge is 0.508 e. The number of amides is 3. The van der Waals surface area contributed by atoms with Crippen molar-refractivity contribution >= 4 is 17.9 Å². The van der Waals surface area contributed by atoms with E-state index < -0.39 is 29.7 Å². The second kappa shape index (κ2) is 9.58. The van der Waals surface area contributed by atoms with E-state index in [0.29, 0.717) is 5.56 Å². The van der Waals surface area contributed by atoms with Crippen LogP contribution in [0.5, 0.6) is 5.75 Å². The van der Waals surface area contributed by atoms with Crippen LogP contribution in [-0.4, -0.2) is 51.6 Å². The van der Waals surface area contributed by atoms with E-state index in [9.17, 15) is 19.5 Å². The minimum absolute atomic E-state index is 0.0646. The van der Waals surface area contributed by atoms with E-state index in [2.05, 4.69) is 10.6 Å². The van der Waals surface area contributed by atoms with Gasteiger partial charge in [-0.25, -0.2) is 4.79 Å². The fraction of sp³-hybridized carbons (Fsp3) is 0.609. The molecule has 3 amide bonds. The zero-order chi connectivity index (χ0) is 23.5. The van der Waals surface area contributed by atoms with Gasteiger partial charge >= 0.3 is 6.09 Å². The summed E-state index contributed by atoms with van der Waals surface area (Å²) >= 11 is 0. The summed E-state index contributed by atoms with van der Waals surface area (Å²) in [4.78, 5) is 40.4. The van der Waals surface area contributed by atoms with Crippen LogP contribution in [-0.2, 0) is 14.3 Å². The molecule has 0 radical (unpaired) electrons. The first-order chi connectivity index (χ1) is 14.3. The van der Waals surface area contributed by atoms with Crippen LogP contribution in [0, 0.1) is 5.92 Å². The highest BCUT2D eigenvalue weighted by atomic mass is 16.6. The van der Waals surface area contributed by atoms with Gasteiger partial charge in [-0.05, 0) is 59.9 Å². The Labute approximate surface area is 184 Å². The van der Waals surface area contributed by atoms with Crippen LogP contribution >= 0.6 is 0 Å². The number of para-hydroxylation sites is 1. The fourth-order valence-corrected chi connectivity index (χ4v) is 3.44. The Morgan fingerprint density at radius 1 is 1.13 bits per heavy atom. The predicted molar refractivity (Wildman–Crippen MR) is 117 cm³/mol. The number of hydrogen-bond acceptors (Lipinski definition) is 5. The molecule has 172 valence electrons. The third-order valence-electron chi connectivity index (χ3n) is 4.97. The molecule has 1 aliphatic carbocycles. The summed E-state index contributed by atoms with van der Waals surface area (Å²) in [5, 5.41) is 15.9. The summed E-state index contributed by atoms with van der Waals surface area (Å²) in [6.07, 6.45) is 0.0344. The minimum atomic E-state index is -1.02. The molecule has 8 nitrogen and oxygen atoms in total. The standard InChI is InChI=1S/C23H35N3O5/c1-13(2)24-20(28)19(16-10-8-9-11-18(16)27)26(17-12-14(17)3)21(29)15(4)25-22(30)31-23(5,6)7/h8-11,13-15,17,19,27H,12H2,1-7H3,(H,24,28)(H,25,30). The molecule has 0 spiro atoms. The Morgan fingerprint density at radius 2 is 1.71 bits per heavy atom. The Morgan fingerprint density at radius 3 is 2.19 bits per heavy atom. The van der Waals surface area contributed by atoms with Gasteiger partial charge in [0.15, 0.2) is 0 Å². The average molecular weight is 434 g/mol. The van der Waals surface area contributed by atoms with E-state index in [4.69, 9.17) is 4.74 Å². The molecule has 1 fully saturated rings. The molecule has 1 saturated carbocycles. The first kappa shape index (κ1) is 24.5. The van der Waals surface area contributed by atoms with Gasteiger partial charge in [0.2, 0.25) is 11.8 Å². The number of alkyl carbamates (subject to hydrolysis) is 1. The fourth-order valence-electron chi connectivity index (χ4n) is 3.44. The van der Waals surface area contributed by atoms with E-state index in [0.717, 1.165) is 6.42 Å². The smallest absolute Gasteiger partial charge is 0.408 e. The van der Waals surface area contributed by atoms with E-state index in [-0.39, 0.29) is 29.7 Å². The first-order valence-electron chi connectivity index (χ1n) is 10.7. The maximum absolute atomic E-state index is 13.5. The molecular formula is C23H35N3O5. The Hall–Kier alpha value is -2.77. The maximum atomic E-state index is 13.5. The van der Waals surface area contributed by atoms with Crippen molar-refractivity contribution in [2.45, 2.75) is 84.7 Å². The van der Waals surface area contributed by atoms with Crippen LogP contribution < -0.4 is 10.6 Å². The van der Waals surface area contributed by atoms with Crippen molar-refractivity contribution in [3.8, 4) is 5.75 Å². The van der Waals surface area contributed by atoms with Crippen LogP contribution in [0.15, 0.2) is 24.3 Å². The van der Waals surface area contributed by atoms with E-state index >= 15 is 0 Å². The lowest BCUT2D eigenvalue weighted by atomic mass is 10.0. The minimum Gasteiger partial charge on any atom is -0.508 e. The monoisotopic (exact) mass is 433 g/mol. The number of hydrogen-bond donors (Lipinski definition) is 3.